The molecule has 30 heavy (non-hydrogen) atoms. The van der Waals surface area contributed by atoms with E-state index < -0.39 is 5.97 Å². The molecule has 0 radical (unpaired) electrons. The van der Waals surface area contributed by atoms with Gasteiger partial charge in [0, 0.05) is 17.0 Å². The highest BCUT2D eigenvalue weighted by atomic mass is 32.1. The van der Waals surface area contributed by atoms with Crippen molar-refractivity contribution in [2.24, 2.45) is 0 Å². The lowest BCUT2D eigenvalue weighted by molar-refractivity contribution is 0.0458. The predicted molar refractivity (Wildman–Crippen MR) is 114 cm³/mol. The van der Waals surface area contributed by atoms with Gasteiger partial charge < -0.3 is 19.2 Å². The zero-order valence-electron chi connectivity index (χ0n) is 16.3. The molecule has 0 bridgehead atoms. The molecule has 0 amide bonds. The second-order valence-electron chi connectivity index (χ2n) is 6.35. The number of fused-ring (bicyclic) bond motifs is 1. The fourth-order valence-electron chi connectivity index (χ4n) is 3.07. The summed E-state index contributed by atoms with van der Waals surface area (Å²) in [5, 5.41) is 2.43. The summed E-state index contributed by atoms with van der Waals surface area (Å²) in [5.41, 5.74) is 1.76. The van der Waals surface area contributed by atoms with Gasteiger partial charge in [0.1, 0.15) is 34.3 Å². The molecule has 0 atom stereocenters. The third-order valence-electron chi connectivity index (χ3n) is 4.55. The van der Waals surface area contributed by atoms with Crippen LogP contribution in [-0.2, 0) is 11.3 Å². The summed E-state index contributed by atoms with van der Waals surface area (Å²) in [6, 6.07) is 14.4. The topological polar surface area (TPSA) is 90.5 Å². The Labute approximate surface area is 175 Å². The van der Waals surface area contributed by atoms with Gasteiger partial charge in [0.15, 0.2) is 0 Å². The number of esters is 1. The second-order valence-corrected chi connectivity index (χ2v) is 7.21. The Morgan fingerprint density at radius 2 is 1.90 bits per heavy atom. The summed E-state index contributed by atoms with van der Waals surface area (Å²) in [6.07, 6.45) is 0. The fourth-order valence-corrected chi connectivity index (χ4v) is 4.04. The monoisotopic (exact) mass is 422 g/mol. The minimum Gasteiger partial charge on any atom is -0.497 e. The van der Waals surface area contributed by atoms with Crippen molar-refractivity contribution in [3.05, 3.63) is 75.7 Å². The minimum atomic E-state index is -0.589. The second kappa shape index (κ2) is 8.38. The van der Waals surface area contributed by atoms with E-state index in [0.717, 1.165) is 11.1 Å². The maximum Gasteiger partial charge on any atom is 0.342 e. The molecular formula is C22H18N2O5S. The number of carbonyl (C=O) groups is 1. The van der Waals surface area contributed by atoms with Gasteiger partial charge in [0.05, 0.1) is 19.6 Å². The molecule has 0 spiro atoms. The van der Waals surface area contributed by atoms with Crippen molar-refractivity contribution in [1.82, 2.24) is 9.97 Å². The predicted octanol–water partition coefficient (Wildman–Crippen LogP) is 4.03. The third-order valence-corrected chi connectivity index (χ3v) is 5.42. The van der Waals surface area contributed by atoms with Crippen LogP contribution in [0.5, 0.6) is 11.5 Å². The number of nitrogens with one attached hydrogen (secondary N) is 1. The van der Waals surface area contributed by atoms with Crippen molar-refractivity contribution in [2.75, 3.05) is 14.2 Å². The number of thiophene rings is 1. The quantitative estimate of drug-likeness (QED) is 0.472. The van der Waals surface area contributed by atoms with E-state index in [1.807, 2.05) is 35.7 Å². The van der Waals surface area contributed by atoms with E-state index in [9.17, 15) is 9.59 Å². The van der Waals surface area contributed by atoms with E-state index in [4.69, 9.17) is 14.2 Å². The SMILES string of the molecule is COc1ccc(C(=O)OCc2nc3scc(-c4ccccc4)c3c(=O)[nH]2)c(OC)c1. The largest absolute Gasteiger partial charge is 0.497 e. The summed E-state index contributed by atoms with van der Waals surface area (Å²) in [5.74, 6) is 0.581. The Hall–Kier alpha value is -3.65. The molecule has 1 N–H and O–H groups in total. The molecule has 0 saturated heterocycles. The fraction of sp³-hybridized carbons (Fsp3) is 0.136. The number of methoxy groups -OCH3 is 2. The maximum atomic E-state index is 12.7. The van der Waals surface area contributed by atoms with E-state index in [1.165, 1.54) is 25.6 Å². The lowest BCUT2D eigenvalue weighted by Crippen LogP contribution is -2.14. The van der Waals surface area contributed by atoms with Gasteiger partial charge >= 0.3 is 5.97 Å². The van der Waals surface area contributed by atoms with Gasteiger partial charge in [-0.2, -0.15) is 0 Å². The highest BCUT2D eigenvalue weighted by molar-refractivity contribution is 7.17. The molecule has 0 aliphatic rings. The van der Waals surface area contributed by atoms with E-state index in [-0.39, 0.29) is 23.6 Å². The summed E-state index contributed by atoms with van der Waals surface area (Å²) in [4.78, 5) is 32.9. The lowest BCUT2D eigenvalue weighted by Gasteiger charge is -2.10. The number of ether oxygens (including phenoxy) is 3. The molecule has 8 heteroatoms. The zero-order chi connectivity index (χ0) is 21.1. The first-order valence-corrected chi connectivity index (χ1v) is 9.93. The van der Waals surface area contributed by atoms with Crippen LogP contribution in [0.25, 0.3) is 21.3 Å². The van der Waals surface area contributed by atoms with E-state index in [1.54, 1.807) is 18.2 Å². The summed E-state index contributed by atoms with van der Waals surface area (Å²) in [6.45, 7) is -0.169. The van der Waals surface area contributed by atoms with Crippen molar-refractivity contribution in [3.8, 4) is 22.6 Å². The van der Waals surface area contributed by atoms with Gasteiger partial charge in [-0.3, -0.25) is 4.79 Å². The van der Waals surface area contributed by atoms with Crippen molar-refractivity contribution in [3.63, 3.8) is 0 Å². The van der Waals surface area contributed by atoms with Gasteiger partial charge in [-0.15, -0.1) is 11.3 Å². The van der Waals surface area contributed by atoms with Crippen LogP contribution in [0.1, 0.15) is 16.2 Å². The van der Waals surface area contributed by atoms with Crippen LogP contribution >= 0.6 is 11.3 Å². The molecule has 2 heterocycles. The normalized spacial score (nSPS) is 10.7. The number of benzene rings is 2. The van der Waals surface area contributed by atoms with Crippen LogP contribution in [0, 0.1) is 0 Å². The maximum absolute atomic E-state index is 12.7. The number of hydrogen-bond donors (Lipinski definition) is 1. The Morgan fingerprint density at radius 1 is 1.10 bits per heavy atom. The van der Waals surface area contributed by atoms with Gasteiger partial charge in [0.25, 0.3) is 5.56 Å². The van der Waals surface area contributed by atoms with Gasteiger partial charge in [0.2, 0.25) is 0 Å². The Morgan fingerprint density at radius 3 is 2.63 bits per heavy atom. The van der Waals surface area contributed by atoms with Crippen LogP contribution in [0.15, 0.2) is 58.7 Å². The van der Waals surface area contributed by atoms with E-state index >= 15 is 0 Å². The number of H-pyrrole nitrogens is 1. The van der Waals surface area contributed by atoms with Crippen LogP contribution in [0.3, 0.4) is 0 Å². The van der Waals surface area contributed by atoms with E-state index in [0.29, 0.717) is 21.7 Å². The Kier molecular flexibility index (Phi) is 5.49. The van der Waals surface area contributed by atoms with E-state index in [2.05, 4.69) is 9.97 Å². The highest BCUT2D eigenvalue weighted by Gasteiger charge is 2.17. The first kappa shape index (κ1) is 19.7. The average molecular weight is 422 g/mol. The number of aromatic amines is 1. The number of carbonyl (C=O) groups excluding carboxylic acids is 1. The molecule has 7 nitrogen and oxygen atoms in total. The van der Waals surface area contributed by atoms with Crippen LogP contribution < -0.4 is 15.0 Å². The number of hydrogen-bond acceptors (Lipinski definition) is 7. The smallest absolute Gasteiger partial charge is 0.342 e. The molecule has 4 rings (SSSR count). The highest BCUT2D eigenvalue weighted by Crippen LogP contribution is 2.30. The van der Waals surface area contributed by atoms with Crippen molar-refractivity contribution >= 4 is 27.5 Å². The molecule has 0 fully saturated rings. The molecule has 2 aromatic heterocycles. The minimum absolute atomic E-state index is 0.169. The van der Waals surface area contributed by atoms with Crippen LogP contribution in [-0.4, -0.2) is 30.2 Å². The van der Waals surface area contributed by atoms with Gasteiger partial charge in [-0.1, -0.05) is 30.3 Å². The molecule has 0 aliphatic carbocycles. The number of nitrogens with zero attached hydrogens (tertiary/aromatic N) is 1. The molecular weight excluding hydrogens is 404 g/mol. The van der Waals surface area contributed by atoms with Crippen molar-refractivity contribution < 1.29 is 19.0 Å². The molecule has 0 unspecified atom stereocenters. The molecule has 2 aromatic carbocycles. The Balaban J connectivity index is 1.57. The molecule has 4 aromatic rings. The Bertz CT molecular complexity index is 1260. The summed E-state index contributed by atoms with van der Waals surface area (Å²) in [7, 11) is 2.98. The molecule has 0 saturated carbocycles. The molecule has 152 valence electrons. The molecule has 0 aliphatic heterocycles. The lowest BCUT2D eigenvalue weighted by atomic mass is 10.1. The van der Waals surface area contributed by atoms with Gasteiger partial charge in [-0.05, 0) is 17.7 Å². The van der Waals surface area contributed by atoms with Gasteiger partial charge in [-0.25, -0.2) is 9.78 Å². The standard InChI is InChI=1S/C22H18N2O5S/c1-27-14-8-9-15(17(10-14)28-2)22(26)29-11-18-23-20(25)19-16(12-30-21(19)24-18)13-6-4-3-5-7-13/h3-10,12H,11H2,1-2H3,(H,23,24,25). The average Bonchev–Trinajstić information content (AvgIpc) is 3.22. The first-order valence-electron chi connectivity index (χ1n) is 9.05. The summed E-state index contributed by atoms with van der Waals surface area (Å²) >= 11 is 1.37. The van der Waals surface area contributed by atoms with Crippen LogP contribution in [0.4, 0.5) is 0 Å². The van der Waals surface area contributed by atoms with Crippen molar-refractivity contribution in [1.29, 1.82) is 0 Å². The number of aromatic nitrogens is 2. The van der Waals surface area contributed by atoms with Crippen LogP contribution in [0.2, 0.25) is 0 Å². The first-order chi connectivity index (χ1) is 14.6. The zero-order valence-corrected chi connectivity index (χ0v) is 17.1. The number of rotatable bonds is 6. The van der Waals surface area contributed by atoms with Crippen molar-refractivity contribution in [2.45, 2.75) is 6.61 Å². The third kappa shape index (κ3) is 3.77. The summed E-state index contributed by atoms with van der Waals surface area (Å²) < 4.78 is 15.7.